The Bertz CT molecular complexity index is 1860. The minimum atomic E-state index is -0.530. The summed E-state index contributed by atoms with van der Waals surface area (Å²) in [7, 11) is 1.29. The van der Waals surface area contributed by atoms with E-state index < -0.39 is 17.2 Å². The Kier molecular flexibility index (Phi) is 28.4. The van der Waals surface area contributed by atoms with Gasteiger partial charge in [-0.3, -0.25) is 4.79 Å². The summed E-state index contributed by atoms with van der Waals surface area (Å²) >= 11 is 0. The number of amides is 3. The number of esters is 1. The molecule has 6 N–H and O–H groups in total. The quantitative estimate of drug-likeness (QED) is 0.138. The van der Waals surface area contributed by atoms with Crippen molar-refractivity contribution >= 4 is 35.4 Å². The standard InChI is InChI=1S/C19H25N3O3.C18H23N3O4.C6H14O.C3H8O.C3H7.2H2O.Ti/c1-18(2,3)25-17(24)22-10-8-21(9-11-22)13-4-5-14-15(12-13)19(6-7-19)20-16(14)23;1-18(2,3)25-17(23)21-9-7-20(8-10-21)14-5-6-15(16(22)24-4)13(11-14)12-19;1-5(2)7-6(3)4;1-3(2)4;1-3-2;;;/h4-5,12H,6-11H2,1-3H3,(H,20,23);5-6,11H,7-10H2,1-4H3;5-6H,1-4H3;3-4H,1-2H3;3H,1-2H3;2*1H2;/q;;;;-1;;;. The number of methoxy groups -OCH3 is 1. The molecule has 2 saturated heterocycles. The number of aliphatic hydroxyl groups excluding tert-OH is 1. The van der Waals surface area contributed by atoms with Crippen LogP contribution in [0.4, 0.5) is 21.0 Å². The van der Waals surface area contributed by atoms with Gasteiger partial charge in [-0.2, -0.15) is 19.1 Å². The summed E-state index contributed by atoms with van der Waals surface area (Å²) in [5, 5.41) is 20.4. The van der Waals surface area contributed by atoms with Gasteiger partial charge in [0.25, 0.3) is 5.91 Å². The SMILES string of the molecule is CC(C)(C)OC(=O)N1CCN(c2ccc3c(c2)C2(CC2)NC3=O)CC1.CC(C)O.CC(C)OC(C)C.COC(=O)c1ccc(N2CCN(C(=O)OC(C)(C)C)CC2)cc1C#N.C[CH-]C.O.O.[Ti]. The zero-order valence-corrected chi connectivity index (χ0v) is 44.4. The third-order valence-electron chi connectivity index (χ3n) is 9.53. The Morgan fingerprint density at radius 2 is 1.13 bits per heavy atom. The summed E-state index contributed by atoms with van der Waals surface area (Å²) < 4.78 is 20.8. The number of fused-ring (bicyclic) bond motifs is 2. The molecule has 0 atom stereocenters. The van der Waals surface area contributed by atoms with Gasteiger partial charge >= 0.3 is 18.2 Å². The van der Waals surface area contributed by atoms with E-state index in [-0.39, 0.29) is 73.5 Å². The molecule has 0 bridgehead atoms. The monoisotopic (exact) mass is 978 g/mol. The summed E-state index contributed by atoms with van der Waals surface area (Å²) in [5.41, 5.74) is 3.38. The fourth-order valence-corrected chi connectivity index (χ4v) is 6.80. The number of hydrogen-bond acceptors (Lipinski definition) is 12. The molecule has 1 aliphatic carbocycles. The molecule has 2 aromatic rings. The van der Waals surface area contributed by atoms with Gasteiger partial charge in [-0.1, -0.05) is 0 Å². The molecule has 378 valence electrons. The van der Waals surface area contributed by atoms with Crippen molar-refractivity contribution in [3.8, 4) is 6.07 Å². The van der Waals surface area contributed by atoms with Crippen molar-refractivity contribution in [2.75, 3.05) is 69.3 Å². The molecule has 18 heteroatoms. The van der Waals surface area contributed by atoms with Crippen LogP contribution in [0, 0.1) is 17.8 Å². The van der Waals surface area contributed by atoms with Crippen molar-refractivity contribution < 1.29 is 75.9 Å². The first-order chi connectivity index (χ1) is 29.8. The zero-order valence-electron chi connectivity index (χ0n) is 42.8. The van der Waals surface area contributed by atoms with Crippen LogP contribution in [-0.2, 0) is 46.2 Å². The van der Waals surface area contributed by atoms with E-state index in [9.17, 15) is 24.4 Å². The molecule has 67 heavy (non-hydrogen) atoms. The van der Waals surface area contributed by atoms with Gasteiger partial charge in [0, 0.05) is 97.1 Å². The molecule has 1 spiro atoms. The average Bonchev–Trinajstić information content (AvgIpc) is 3.93. The number of anilines is 2. The first kappa shape index (κ1) is 64.6. The maximum absolute atomic E-state index is 12.2. The van der Waals surface area contributed by atoms with Crippen molar-refractivity contribution in [2.24, 2.45) is 0 Å². The number of nitriles is 1. The number of hydrogen-bond donors (Lipinski definition) is 2. The fraction of sp³-hybridized carbons (Fsp3) is 0.633. The second kappa shape index (κ2) is 29.5. The number of rotatable bonds is 5. The molecule has 3 fully saturated rings. The van der Waals surface area contributed by atoms with E-state index in [1.165, 1.54) is 7.11 Å². The predicted molar refractivity (Wildman–Crippen MR) is 259 cm³/mol. The normalized spacial score (nSPS) is 15.3. The molecule has 2 aromatic carbocycles. The van der Waals surface area contributed by atoms with Crippen LogP contribution in [0.3, 0.4) is 0 Å². The zero-order chi connectivity index (χ0) is 48.6. The Balaban J connectivity index is 0. The van der Waals surface area contributed by atoms with Gasteiger partial charge in [0.05, 0.1) is 36.0 Å². The Hall–Kier alpha value is -4.44. The molecule has 17 nitrogen and oxygen atoms in total. The number of carbonyl (C=O) groups excluding carboxylic acids is 4. The van der Waals surface area contributed by atoms with Crippen molar-refractivity contribution in [1.82, 2.24) is 15.1 Å². The first-order valence-corrected chi connectivity index (χ1v) is 22.4. The molecule has 0 aromatic heterocycles. The average molecular weight is 978 g/mol. The molecule has 1 saturated carbocycles. The minimum absolute atomic E-state index is 0. The maximum Gasteiger partial charge on any atom is 0.410 e. The fourth-order valence-electron chi connectivity index (χ4n) is 6.80. The molecule has 3 amide bonds. The summed E-state index contributed by atoms with van der Waals surface area (Å²) in [6.07, 6.45) is 4.09. The van der Waals surface area contributed by atoms with Crippen LogP contribution >= 0.6 is 0 Å². The van der Waals surface area contributed by atoms with E-state index in [4.69, 9.17) is 19.3 Å². The molecule has 4 aliphatic rings. The number of piperazine rings is 2. The Morgan fingerprint density at radius 1 is 0.746 bits per heavy atom. The smallest absolute Gasteiger partial charge is 0.410 e. The van der Waals surface area contributed by atoms with Crippen molar-refractivity contribution in [1.29, 1.82) is 5.26 Å². The van der Waals surface area contributed by atoms with Gasteiger partial charge in [-0.15, -0.1) is 0 Å². The van der Waals surface area contributed by atoms with Gasteiger partial charge in [0.15, 0.2) is 0 Å². The summed E-state index contributed by atoms with van der Waals surface area (Å²) in [5.74, 6) is -0.480. The van der Waals surface area contributed by atoms with Crippen LogP contribution in [0.1, 0.15) is 142 Å². The van der Waals surface area contributed by atoms with Crippen LogP contribution in [0.25, 0.3) is 0 Å². The topological polar surface area (TPSA) is 237 Å². The molecule has 0 radical (unpaired) electrons. The summed E-state index contributed by atoms with van der Waals surface area (Å²) in [6, 6.07) is 13.2. The van der Waals surface area contributed by atoms with E-state index in [1.807, 2.05) is 108 Å². The number of benzene rings is 2. The van der Waals surface area contributed by atoms with Crippen LogP contribution in [0.5, 0.6) is 0 Å². The van der Waals surface area contributed by atoms with E-state index in [2.05, 4.69) is 25.9 Å². The first-order valence-electron chi connectivity index (χ1n) is 22.4. The van der Waals surface area contributed by atoms with Crippen LogP contribution in [0.15, 0.2) is 36.4 Å². The van der Waals surface area contributed by atoms with Crippen molar-refractivity contribution in [3.05, 3.63) is 65.1 Å². The van der Waals surface area contributed by atoms with E-state index in [1.54, 1.807) is 41.8 Å². The van der Waals surface area contributed by atoms with Crippen molar-refractivity contribution in [3.63, 3.8) is 0 Å². The van der Waals surface area contributed by atoms with E-state index in [0.29, 0.717) is 51.5 Å². The largest absolute Gasteiger partial charge is 0.465 e. The Labute approximate surface area is 415 Å². The molecule has 0 unspecified atom stereocenters. The molecule has 3 heterocycles. The second-order valence-corrected chi connectivity index (χ2v) is 18.9. The number of carbonyl (C=O) groups is 4. The van der Waals surface area contributed by atoms with Crippen LogP contribution < -0.4 is 15.1 Å². The minimum Gasteiger partial charge on any atom is -0.465 e. The molecular formula is C49H81N6O11Ti-. The molecule has 6 rings (SSSR count). The Morgan fingerprint density at radius 3 is 1.46 bits per heavy atom. The maximum atomic E-state index is 12.2. The summed E-state index contributed by atoms with van der Waals surface area (Å²) in [6.45, 7) is 31.9. The summed E-state index contributed by atoms with van der Waals surface area (Å²) in [4.78, 5) is 55.8. The van der Waals surface area contributed by atoms with Gasteiger partial charge < -0.3 is 66.3 Å². The molecular weight excluding hydrogens is 896 g/mol. The van der Waals surface area contributed by atoms with Gasteiger partial charge in [-0.25, -0.2) is 14.4 Å². The van der Waals surface area contributed by atoms with Gasteiger partial charge in [0.2, 0.25) is 0 Å². The van der Waals surface area contributed by atoms with Gasteiger partial charge in [-0.05, 0) is 138 Å². The third kappa shape index (κ3) is 22.0. The number of aliphatic hydroxyl groups is 1. The number of ether oxygens (including phenoxy) is 4. The van der Waals surface area contributed by atoms with Crippen LogP contribution in [0.2, 0.25) is 0 Å². The third-order valence-corrected chi connectivity index (χ3v) is 9.53. The van der Waals surface area contributed by atoms with E-state index in [0.717, 1.165) is 48.4 Å². The predicted octanol–water partition coefficient (Wildman–Crippen LogP) is 6.66. The number of nitrogens with zero attached hydrogens (tertiary/aromatic N) is 5. The van der Waals surface area contributed by atoms with Gasteiger partial charge in [0.1, 0.15) is 17.3 Å². The molecule has 3 aliphatic heterocycles. The van der Waals surface area contributed by atoms with E-state index >= 15 is 0 Å². The second-order valence-electron chi connectivity index (χ2n) is 18.9. The number of nitrogens with one attached hydrogen (secondary N) is 1. The van der Waals surface area contributed by atoms with Crippen molar-refractivity contribution in [2.45, 2.75) is 145 Å². The van der Waals surface area contributed by atoms with Crippen LogP contribution in [-0.4, -0.2) is 139 Å².